The highest BCUT2D eigenvalue weighted by Gasteiger charge is 2.12. The maximum absolute atomic E-state index is 11.2. The Hall–Kier alpha value is -1.95. The summed E-state index contributed by atoms with van der Waals surface area (Å²) in [5.41, 5.74) is 1.40. The van der Waals surface area contributed by atoms with Gasteiger partial charge in [-0.15, -0.1) is 0 Å². The lowest BCUT2D eigenvalue weighted by Crippen LogP contribution is -2.18. The van der Waals surface area contributed by atoms with Crippen molar-refractivity contribution in [2.45, 2.75) is 19.4 Å². The van der Waals surface area contributed by atoms with E-state index in [1.807, 2.05) is 25.1 Å². The molecule has 0 radical (unpaired) electrons. The molecule has 1 aromatic carbocycles. The minimum absolute atomic E-state index is 0.0162. The fourth-order valence-corrected chi connectivity index (χ4v) is 2.77. The molecule has 2 atom stereocenters. The second-order valence-electron chi connectivity index (χ2n) is 4.99. The van der Waals surface area contributed by atoms with E-state index in [1.54, 1.807) is 18.4 Å². The van der Waals surface area contributed by atoms with E-state index < -0.39 is 16.8 Å². The number of para-hydroxylation sites is 1. The molecule has 2 rings (SSSR count). The predicted molar refractivity (Wildman–Crippen MR) is 85.3 cm³/mol. The van der Waals surface area contributed by atoms with Gasteiger partial charge in [-0.1, -0.05) is 18.2 Å². The number of nitrogens with one attached hydrogen (secondary N) is 1. The molecule has 2 unspecified atom stereocenters. The minimum Gasteiger partial charge on any atom is -0.477 e. The number of aromatic nitrogens is 1. The molecule has 0 fully saturated rings. The fourth-order valence-electron chi connectivity index (χ4n) is 2.08. The summed E-state index contributed by atoms with van der Waals surface area (Å²) < 4.78 is 11.2. The van der Waals surface area contributed by atoms with Crippen LogP contribution in [-0.4, -0.2) is 38.3 Å². The smallest absolute Gasteiger partial charge is 0.354 e. The van der Waals surface area contributed by atoms with E-state index in [0.717, 1.165) is 17.5 Å². The van der Waals surface area contributed by atoms with Crippen molar-refractivity contribution in [3.63, 3.8) is 0 Å². The van der Waals surface area contributed by atoms with Gasteiger partial charge in [0, 0.05) is 39.9 Å². The highest BCUT2D eigenvalue weighted by Crippen LogP contribution is 2.24. The molecule has 6 heteroatoms. The van der Waals surface area contributed by atoms with Crippen LogP contribution < -0.4 is 5.32 Å². The van der Waals surface area contributed by atoms with Gasteiger partial charge in [-0.25, -0.2) is 9.78 Å². The third kappa shape index (κ3) is 4.01. The Morgan fingerprint density at radius 3 is 2.81 bits per heavy atom. The summed E-state index contributed by atoms with van der Waals surface area (Å²) in [5.74, 6) is -0.436. The Kier molecular flexibility index (Phi) is 4.90. The quantitative estimate of drug-likeness (QED) is 0.857. The van der Waals surface area contributed by atoms with Gasteiger partial charge in [0.1, 0.15) is 0 Å². The number of benzene rings is 1. The van der Waals surface area contributed by atoms with Crippen molar-refractivity contribution in [1.82, 2.24) is 4.98 Å². The predicted octanol–water partition coefficient (Wildman–Crippen LogP) is 2.50. The summed E-state index contributed by atoms with van der Waals surface area (Å²) in [7, 11) is -0.829. The number of aromatic carboxylic acids is 1. The number of carboxylic acid groups (broad SMARTS) is 1. The van der Waals surface area contributed by atoms with Crippen molar-refractivity contribution in [2.24, 2.45) is 0 Å². The van der Waals surface area contributed by atoms with Gasteiger partial charge in [-0.2, -0.15) is 0 Å². The SMILES string of the molecule is CC(CCS(C)=O)Nc1cc(C(=O)O)nc2ccccc12. The van der Waals surface area contributed by atoms with Crippen LogP contribution in [0.25, 0.3) is 10.9 Å². The van der Waals surface area contributed by atoms with Crippen molar-refractivity contribution in [3.8, 4) is 0 Å². The molecule has 21 heavy (non-hydrogen) atoms. The average molecular weight is 306 g/mol. The normalized spacial score (nSPS) is 13.8. The lowest BCUT2D eigenvalue weighted by Gasteiger charge is -2.16. The van der Waals surface area contributed by atoms with Crippen LogP contribution in [0.4, 0.5) is 5.69 Å². The van der Waals surface area contributed by atoms with Gasteiger partial charge < -0.3 is 10.4 Å². The van der Waals surface area contributed by atoms with Crippen molar-refractivity contribution < 1.29 is 14.1 Å². The Morgan fingerprint density at radius 2 is 2.14 bits per heavy atom. The summed E-state index contributed by atoms with van der Waals surface area (Å²) >= 11 is 0. The van der Waals surface area contributed by atoms with Crippen LogP contribution in [0.5, 0.6) is 0 Å². The number of rotatable bonds is 6. The number of fused-ring (bicyclic) bond motifs is 1. The molecule has 1 heterocycles. The Bertz CT molecular complexity index is 688. The number of nitrogens with zero attached hydrogens (tertiary/aromatic N) is 1. The summed E-state index contributed by atoms with van der Waals surface area (Å²) in [4.78, 5) is 15.3. The first kappa shape index (κ1) is 15.4. The third-order valence-corrected chi connectivity index (χ3v) is 3.99. The van der Waals surface area contributed by atoms with E-state index in [9.17, 15) is 9.00 Å². The summed E-state index contributed by atoms with van der Waals surface area (Å²) in [6.45, 7) is 1.99. The molecule has 0 saturated heterocycles. The van der Waals surface area contributed by atoms with Crippen LogP contribution in [0.3, 0.4) is 0 Å². The molecule has 2 aromatic rings. The van der Waals surface area contributed by atoms with E-state index in [0.29, 0.717) is 11.3 Å². The molecule has 0 aliphatic rings. The Labute approximate surface area is 125 Å². The number of hydrogen-bond acceptors (Lipinski definition) is 4. The maximum atomic E-state index is 11.2. The van der Waals surface area contributed by atoms with Gasteiger partial charge >= 0.3 is 5.97 Å². The first-order chi connectivity index (χ1) is 9.97. The van der Waals surface area contributed by atoms with Crippen molar-refractivity contribution in [2.75, 3.05) is 17.3 Å². The Morgan fingerprint density at radius 1 is 1.43 bits per heavy atom. The summed E-state index contributed by atoms with van der Waals surface area (Å²) in [6.07, 6.45) is 2.43. The van der Waals surface area contributed by atoms with Gasteiger partial charge in [0.15, 0.2) is 5.69 Å². The van der Waals surface area contributed by atoms with Crippen LogP contribution in [0.15, 0.2) is 30.3 Å². The molecular weight excluding hydrogens is 288 g/mol. The van der Waals surface area contributed by atoms with Crippen molar-refractivity contribution >= 4 is 33.4 Å². The average Bonchev–Trinajstić information content (AvgIpc) is 2.45. The van der Waals surface area contributed by atoms with Gasteiger partial charge in [0.2, 0.25) is 0 Å². The zero-order valence-electron chi connectivity index (χ0n) is 12.0. The Balaban J connectivity index is 2.32. The van der Waals surface area contributed by atoms with Crippen LogP contribution in [-0.2, 0) is 10.8 Å². The first-order valence-corrected chi connectivity index (χ1v) is 8.39. The highest BCUT2D eigenvalue weighted by atomic mass is 32.2. The highest BCUT2D eigenvalue weighted by molar-refractivity contribution is 7.84. The number of anilines is 1. The topological polar surface area (TPSA) is 79.3 Å². The number of hydrogen-bond donors (Lipinski definition) is 2. The molecule has 0 amide bonds. The van der Waals surface area contributed by atoms with Gasteiger partial charge in [0.25, 0.3) is 0 Å². The van der Waals surface area contributed by atoms with Gasteiger partial charge in [-0.05, 0) is 25.5 Å². The lowest BCUT2D eigenvalue weighted by atomic mass is 10.1. The molecule has 112 valence electrons. The first-order valence-electron chi connectivity index (χ1n) is 6.67. The monoisotopic (exact) mass is 306 g/mol. The van der Waals surface area contributed by atoms with Crippen LogP contribution in [0, 0.1) is 0 Å². The zero-order chi connectivity index (χ0) is 15.4. The largest absolute Gasteiger partial charge is 0.477 e. The third-order valence-electron chi connectivity index (χ3n) is 3.18. The molecule has 1 aromatic heterocycles. The van der Waals surface area contributed by atoms with E-state index >= 15 is 0 Å². The van der Waals surface area contributed by atoms with Gasteiger partial charge in [0.05, 0.1) is 5.52 Å². The van der Waals surface area contributed by atoms with Crippen molar-refractivity contribution in [3.05, 3.63) is 36.0 Å². The second-order valence-corrected chi connectivity index (χ2v) is 6.54. The molecule has 0 saturated carbocycles. The number of pyridine rings is 1. The van der Waals surface area contributed by atoms with Crippen LogP contribution >= 0.6 is 0 Å². The number of carbonyl (C=O) groups is 1. The summed E-state index contributed by atoms with van der Waals surface area (Å²) in [6, 6.07) is 9.06. The van der Waals surface area contributed by atoms with E-state index in [-0.39, 0.29) is 11.7 Å². The minimum atomic E-state index is -1.05. The molecule has 2 N–H and O–H groups in total. The fraction of sp³-hybridized carbons (Fsp3) is 0.333. The molecule has 0 aliphatic carbocycles. The van der Waals surface area contributed by atoms with Crippen LogP contribution in [0.1, 0.15) is 23.8 Å². The van der Waals surface area contributed by atoms with Crippen LogP contribution in [0.2, 0.25) is 0 Å². The number of carboxylic acids is 1. The van der Waals surface area contributed by atoms with E-state index in [2.05, 4.69) is 10.3 Å². The standard InChI is InChI=1S/C15H18N2O3S/c1-10(7-8-21(2)20)16-13-9-14(15(18)19)17-12-6-4-3-5-11(12)13/h3-6,9-10H,7-8H2,1-2H3,(H,16,17)(H,18,19). The molecule has 0 aliphatic heterocycles. The zero-order valence-corrected chi connectivity index (χ0v) is 12.8. The molecule has 0 spiro atoms. The van der Waals surface area contributed by atoms with Gasteiger partial charge in [-0.3, -0.25) is 4.21 Å². The van der Waals surface area contributed by atoms with E-state index in [1.165, 1.54) is 0 Å². The second kappa shape index (κ2) is 6.67. The molecule has 0 bridgehead atoms. The summed E-state index contributed by atoms with van der Waals surface area (Å²) in [5, 5.41) is 13.3. The lowest BCUT2D eigenvalue weighted by molar-refractivity contribution is 0.0691. The van der Waals surface area contributed by atoms with Crippen molar-refractivity contribution in [1.29, 1.82) is 0 Å². The molecule has 5 nitrogen and oxygen atoms in total. The maximum Gasteiger partial charge on any atom is 0.354 e. The molecular formula is C15H18N2O3S. The van der Waals surface area contributed by atoms with E-state index in [4.69, 9.17) is 5.11 Å².